The van der Waals surface area contributed by atoms with Crippen LogP contribution >= 0.6 is 0 Å². The number of H-pyrrole nitrogens is 1. The maximum atomic E-state index is 13.7. The van der Waals surface area contributed by atoms with E-state index >= 15 is 0 Å². The summed E-state index contributed by atoms with van der Waals surface area (Å²) in [6.07, 6.45) is 0.622. The van der Waals surface area contributed by atoms with Crippen LogP contribution in [0.4, 0.5) is 0 Å². The lowest BCUT2D eigenvalue weighted by molar-refractivity contribution is -0.137. The number of benzene rings is 2. The molecule has 1 fully saturated rings. The van der Waals surface area contributed by atoms with E-state index in [9.17, 15) is 19.2 Å². The Balaban J connectivity index is 1.37. The Labute approximate surface area is 261 Å². The van der Waals surface area contributed by atoms with Gasteiger partial charge < -0.3 is 29.3 Å². The van der Waals surface area contributed by atoms with Gasteiger partial charge in [-0.25, -0.2) is 5.10 Å². The predicted molar refractivity (Wildman–Crippen MR) is 165 cm³/mol. The van der Waals surface area contributed by atoms with Gasteiger partial charge in [0.1, 0.15) is 17.2 Å². The number of nitrogens with one attached hydrogen (secondary N) is 2. The Hall–Kier alpha value is -4.71. The number of carbonyl (C=O) groups is 3. The van der Waals surface area contributed by atoms with Gasteiger partial charge in [0, 0.05) is 50.2 Å². The Bertz CT molecular complexity index is 1570. The number of hydrogen-bond donors (Lipinski definition) is 2. The number of ether oxygens (including phenoxy) is 3. The summed E-state index contributed by atoms with van der Waals surface area (Å²) in [5, 5.41) is 9.41. The van der Waals surface area contributed by atoms with Crippen LogP contribution in [0.1, 0.15) is 55.2 Å². The molecular weight excluding hydrogens is 578 g/mol. The summed E-state index contributed by atoms with van der Waals surface area (Å²) in [7, 11) is 0. The number of likely N-dealkylation sites (N-methyl/N-ethyl adjacent to an activating group) is 1. The van der Waals surface area contributed by atoms with Crippen molar-refractivity contribution in [2.75, 3.05) is 26.2 Å². The van der Waals surface area contributed by atoms with Crippen LogP contribution in [0.2, 0.25) is 0 Å². The fourth-order valence-electron chi connectivity index (χ4n) is 5.47. The highest BCUT2D eigenvalue weighted by Gasteiger charge is 2.34. The lowest BCUT2D eigenvalue weighted by Gasteiger charge is -2.39. The number of aryl methyl sites for hydroxylation is 1. The summed E-state index contributed by atoms with van der Waals surface area (Å²) in [5.41, 5.74) is 1.53. The van der Waals surface area contributed by atoms with Gasteiger partial charge in [-0.3, -0.25) is 19.2 Å². The number of aromatic nitrogens is 2. The molecule has 0 unspecified atom stereocenters. The van der Waals surface area contributed by atoms with Gasteiger partial charge in [0.05, 0.1) is 37.1 Å². The van der Waals surface area contributed by atoms with Crippen LogP contribution in [0.5, 0.6) is 17.2 Å². The minimum atomic E-state index is -0.489. The van der Waals surface area contributed by atoms with Gasteiger partial charge in [0.15, 0.2) is 0 Å². The van der Waals surface area contributed by atoms with Gasteiger partial charge in [0.2, 0.25) is 11.8 Å². The van der Waals surface area contributed by atoms with Gasteiger partial charge >= 0.3 is 0 Å². The zero-order valence-corrected chi connectivity index (χ0v) is 25.8. The predicted octanol–water partition coefficient (Wildman–Crippen LogP) is 3.06. The van der Waals surface area contributed by atoms with Crippen LogP contribution in [0.3, 0.4) is 0 Å². The first-order valence-electron chi connectivity index (χ1n) is 15.3. The smallest absolute Gasteiger partial charge is 0.264 e. The Morgan fingerprint density at radius 2 is 1.93 bits per heavy atom. The van der Waals surface area contributed by atoms with Crippen LogP contribution in [-0.2, 0) is 27.4 Å². The molecule has 45 heavy (non-hydrogen) atoms. The number of nitrogens with zero attached hydrogens (tertiary/aromatic N) is 3. The molecule has 238 valence electrons. The second kappa shape index (κ2) is 14.4. The SMILES string of the molecule is CCN1CC(=O)N[C@H]2CN(C(=O)CCc3ccc(=O)[nH]n3)CC[C@@H]2OCc2cccc(c2)Oc2cc(OC(C)C)cc(c2)C1=O. The van der Waals surface area contributed by atoms with Crippen molar-refractivity contribution in [1.29, 1.82) is 0 Å². The highest BCUT2D eigenvalue weighted by Crippen LogP contribution is 2.30. The van der Waals surface area contributed by atoms with Gasteiger partial charge in [0.25, 0.3) is 11.5 Å². The number of hydrogen-bond acceptors (Lipinski definition) is 8. The molecule has 3 heterocycles. The van der Waals surface area contributed by atoms with Crippen LogP contribution < -0.4 is 20.3 Å². The van der Waals surface area contributed by atoms with Gasteiger partial charge in [-0.1, -0.05) is 12.1 Å². The largest absolute Gasteiger partial charge is 0.491 e. The first-order chi connectivity index (χ1) is 21.7. The molecule has 1 saturated heterocycles. The van der Waals surface area contributed by atoms with E-state index in [4.69, 9.17) is 14.2 Å². The van der Waals surface area contributed by atoms with Crippen LogP contribution in [-0.4, -0.2) is 82.1 Å². The molecule has 0 saturated carbocycles. The summed E-state index contributed by atoms with van der Waals surface area (Å²) in [4.78, 5) is 54.7. The minimum Gasteiger partial charge on any atom is -0.491 e. The van der Waals surface area contributed by atoms with E-state index in [0.29, 0.717) is 54.4 Å². The second-order valence-electron chi connectivity index (χ2n) is 11.5. The summed E-state index contributed by atoms with van der Waals surface area (Å²) in [6, 6.07) is 15.0. The number of amides is 3. The van der Waals surface area contributed by atoms with Crippen molar-refractivity contribution in [2.24, 2.45) is 0 Å². The van der Waals surface area contributed by atoms with Crippen LogP contribution in [0.25, 0.3) is 0 Å². The topological polar surface area (TPSA) is 143 Å². The number of fused-ring (bicyclic) bond motifs is 5. The molecule has 2 aliphatic heterocycles. The van der Waals surface area contributed by atoms with Gasteiger partial charge in [-0.05, 0) is 63.1 Å². The molecule has 12 nitrogen and oxygen atoms in total. The van der Waals surface area contributed by atoms with Gasteiger partial charge in [-0.2, -0.15) is 5.10 Å². The highest BCUT2D eigenvalue weighted by molar-refractivity contribution is 5.97. The standard InChI is InChI=1S/C33H39N5O7/c1-4-37-19-31(40)34-28-18-38(32(41)11-9-24-8-10-30(39)36-35-24)13-12-29(28)43-20-22-6-5-7-25(14-22)45-27-16-23(33(37)42)15-26(17-27)44-21(2)3/h5-8,10,14-17,21,28-29H,4,9,11-13,18-20H2,1-3H3,(H,34,40)(H,36,39)/t28-,29-/m0/s1. The molecule has 2 aliphatic rings. The molecule has 4 bridgehead atoms. The molecule has 0 radical (unpaired) electrons. The summed E-state index contributed by atoms with van der Waals surface area (Å²) in [5.74, 6) is 0.733. The third kappa shape index (κ3) is 8.48. The van der Waals surface area contributed by atoms with E-state index in [-0.39, 0.29) is 61.6 Å². The van der Waals surface area contributed by atoms with Crippen LogP contribution in [0, 0.1) is 0 Å². The van der Waals surface area contributed by atoms with Crippen molar-refractivity contribution < 1.29 is 28.6 Å². The first-order valence-corrected chi connectivity index (χ1v) is 15.3. The number of piperidine rings is 1. The van der Waals surface area contributed by atoms with Crippen molar-refractivity contribution in [3.63, 3.8) is 0 Å². The maximum Gasteiger partial charge on any atom is 0.264 e. The van der Waals surface area contributed by atoms with E-state index < -0.39 is 6.04 Å². The molecule has 2 atom stereocenters. The molecule has 2 aromatic carbocycles. The van der Waals surface area contributed by atoms with Crippen molar-refractivity contribution in [2.45, 2.75) is 64.9 Å². The summed E-state index contributed by atoms with van der Waals surface area (Å²) < 4.78 is 18.4. The van der Waals surface area contributed by atoms with E-state index in [0.717, 1.165) is 5.56 Å². The van der Waals surface area contributed by atoms with E-state index in [1.807, 2.05) is 45.0 Å². The Kier molecular flexibility index (Phi) is 10.1. The number of carbonyl (C=O) groups excluding carboxylic acids is 3. The minimum absolute atomic E-state index is 0.0858. The van der Waals surface area contributed by atoms with Gasteiger partial charge in [-0.15, -0.1) is 0 Å². The van der Waals surface area contributed by atoms with E-state index in [1.165, 1.54) is 11.0 Å². The molecule has 0 aliphatic carbocycles. The summed E-state index contributed by atoms with van der Waals surface area (Å²) >= 11 is 0. The quantitative estimate of drug-likeness (QED) is 0.430. The molecular formula is C33H39N5O7. The van der Waals surface area contributed by atoms with Crippen molar-refractivity contribution in [3.8, 4) is 17.2 Å². The van der Waals surface area contributed by atoms with Crippen molar-refractivity contribution in [3.05, 3.63) is 81.8 Å². The lowest BCUT2D eigenvalue weighted by atomic mass is 10.0. The van der Waals surface area contributed by atoms with Crippen molar-refractivity contribution in [1.82, 2.24) is 25.3 Å². The highest BCUT2D eigenvalue weighted by atomic mass is 16.5. The molecule has 0 spiro atoms. The van der Waals surface area contributed by atoms with E-state index in [1.54, 1.807) is 29.2 Å². The maximum absolute atomic E-state index is 13.7. The molecule has 2 N–H and O–H groups in total. The second-order valence-corrected chi connectivity index (χ2v) is 11.5. The molecule has 5 rings (SSSR count). The zero-order chi connectivity index (χ0) is 31.9. The third-order valence-electron chi connectivity index (χ3n) is 7.68. The lowest BCUT2D eigenvalue weighted by Crippen LogP contribution is -2.58. The molecule has 3 amide bonds. The zero-order valence-electron chi connectivity index (χ0n) is 25.8. The normalized spacial score (nSPS) is 19.0. The first kappa shape index (κ1) is 31.7. The van der Waals surface area contributed by atoms with Crippen LogP contribution in [0.15, 0.2) is 59.4 Å². The fraction of sp³-hybridized carbons (Fsp3) is 0.424. The fourth-order valence-corrected chi connectivity index (χ4v) is 5.47. The number of likely N-dealkylation sites (tertiary alicyclic amines) is 1. The molecule has 12 heteroatoms. The third-order valence-corrected chi connectivity index (χ3v) is 7.68. The summed E-state index contributed by atoms with van der Waals surface area (Å²) in [6.45, 7) is 6.74. The average molecular weight is 618 g/mol. The van der Waals surface area contributed by atoms with E-state index in [2.05, 4.69) is 15.5 Å². The Morgan fingerprint density at radius 1 is 1.09 bits per heavy atom. The Morgan fingerprint density at radius 3 is 2.69 bits per heavy atom. The monoisotopic (exact) mass is 617 g/mol. The molecule has 3 aromatic rings. The average Bonchev–Trinajstić information content (AvgIpc) is 3.01. The number of rotatable bonds is 6. The number of aromatic amines is 1. The van der Waals surface area contributed by atoms with Crippen molar-refractivity contribution >= 4 is 17.7 Å². The molecule has 1 aromatic heterocycles.